The van der Waals surface area contributed by atoms with Gasteiger partial charge in [-0.3, -0.25) is 4.90 Å². The molecule has 0 N–H and O–H groups in total. The summed E-state index contributed by atoms with van der Waals surface area (Å²) in [5, 5.41) is 0. The van der Waals surface area contributed by atoms with Crippen LogP contribution in [0.25, 0.3) is 22.4 Å². The lowest BCUT2D eigenvalue weighted by Crippen LogP contribution is -2.53. The van der Waals surface area contributed by atoms with Gasteiger partial charge in [-0.1, -0.05) is 0 Å². The molecule has 2 unspecified atom stereocenters. The number of halogens is 1. The molecule has 7 rings (SSSR count). The largest absolute Gasteiger partial charge is 0.321 e. The van der Waals surface area contributed by atoms with E-state index in [0.717, 1.165) is 73.3 Å². The Morgan fingerprint density at radius 2 is 1.50 bits per heavy atom. The summed E-state index contributed by atoms with van der Waals surface area (Å²) in [6, 6.07) is 13.9. The number of benzene rings is 2. The van der Waals surface area contributed by atoms with Crippen molar-refractivity contribution in [3.05, 3.63) is 47.8 Å². The Hall–Kier alpha value is -2.29. The van der Waals surface area contributed by atoms with Gasteiger partial charge >= 0.3 is 0 Å². The lowest BCUT2D eigenvalue weighted by Gasteiger charge is -2.46. The van der Waals surface area contributed by atoms with Gasteiger partial charge in [0.25, 0.3) is 0 Å². The molecule has 2 aromatic carbocycles. The lowest BCUT2D eigenvalue weighted by molar-refractivity contribution is 0.0298. The zero-order valence-corrected chi connectivity index (χ0v) is 24.7. The zero-order valence-electron chi connectivity index (χ0n) is 23.9. The number of sulfone groups is 1. The lowest BCUT2D eigenvalue weighted by atomic mass is 9.86. The van der Waals surface area contributed by atoms with Crippen molar-refractivity contribution < 1.29 is 12.8 Å². The molecule has 1 saturated carbocycles. The average molecular weight is 565 g/mol. The Kier molecular flexibility index (Phi) is 6.59. The zero-order chi connectivity index (χ0) is 27.8. The second-order valence-electron chi connectivity index (χ2n) is 13.1. The van der Waals surface area contributed by atoms with Gasteiger partial charge in [0.2, 0.25) is 0 Å². The molecular formula is C32H41FN4O2S. The van der Waals surface area contributed by atoms with E-state index in [-0.39, 0.29) is 10.7 Å². The van der Waals surface area contributed by atoms with Gasteiger partial charge in [-0.2, -0.15) is 0 Å². The summed E-state index contributed by atoms with van der Waals surface area (Å²) in [6.07, 6.45) is 10.8. The highest BCUT2D eigenvalue weighted by molar-refractivity contribution is 7.90. The number of fused-ring (bicyclic) bond motifs is 3. The smallest absolute Gasteiger partial charge is 0.175 e. The molecule has 0 radical (unpaired) electrons. The van der Waals surface area contributed by atoms with Crippen LogP contribution in [-0.2, 0) is 9.84 Å². The number of hydrogen-bond acceptors (Lipinski definition) is 5. The van der Waals surface area contributed by atoms with Gasteiger partial charge in [0.1, 0.15) is 11.3 Å². The summed E-state index contributed by atoms with van der Waals surface area (Å²) in [5.41, 5.74) is 3.21. The molecule has 8 heteroatoms. The highest BCUT2D eigenvalue weighted by Gasteiger charge is 2.43. The van der Waals surface area contributed by atoms with Crippen LogP contribution in [0.15, 0.2) is 41.3 Å². The van der Waals surface area contributed by atoms with Gasteiger partial charge in [-0.25, -0.2) is 17.8 Å². The standard InChI is InChI=1S/C32H41FN4O2S/c1-20(2)36-25-8-9-26(36)19-27(18-25)35-14-12-21(13-15-35)23-16-29(33)31-30(17-23)37(24-6-7-24)32(34-31)22-4-10-28(11-5-22)40(3,38)39/h4-5,10-11,16-17,20-21,24-27H,6-9,12-15,18-19H2,1-3H3. The number of hydrogen-bond donors (Lipinski definition) is 0. The number of imidazole rings is 1. The second-order valence-corrected chi connectivity index (χ2v) is 15.1. The minimum atomic E-state index is -3.28. The number of piperidine rings is 2. The molecule has 4 fully saturated rings. The highest BCUT2D eigenvalue weighted by atomic mass is 32.2. The molecule has 3 saturated heterocycles. The van der Waals surface area contributed by atoms with Crippen molar-refractivity contribution in [3.63, 3.8) is 0 Å². The second kappa shape index (κ2) is 9.92. The van der Waals surface area contributed by atoms with Crippen LogP contribution in [0, 0.1) is 5.82 Å². The molecule has 0 amide bonds. The van der Waals surface area contributed by atoms with Crippen LogP contribution in [0.3, 0.4) is 0 Å². The van der Waals surface area contributed by atoms with Gasteiger partial charge < -0.3 is 9.47 Å². The molecular weight excluding hydrogens is 523 g/mol. The summed E-state index contributed by atoms with van der Waals surface area (Å²) in [6.45, 7) is 6.88. The van der Waals surface area contributed by atoms with Gasteiger partial charge in [0.15, 0.2) is 15.7 Å². The van der Waals surface area contributed by atoms with E-state index in [1.807, 2.05) is 0 Å². The van der Waals surface area contributed by atoms with Crippen LogP contribution in [0.1, 0.15) is 82.7 Å². The van der Waals surface area contributed by atoms with Gasteiger partial charge in [-0.05, 0) is 126 Å². The van der Waals surface area contributed by atoms with Crippen LogP contribution in [-0.4, -0.2) is 71.3 Å². The van der Waals surface area contributed by atoms with Crippen LogP contribution < -0.4 is 0 Å². The molecule has 1 aromatic heterocycles. The maximum absolute atomic E-state index is 15.6. The molecule has 0 spiro atoms. The quantitative estimate of drug-likeness (QED) is 0.359. The van der Waals surface area contributed by atoms with E-state index in [0.29, 0.717) is 29.6 Å². The predicted molar refractivity (Wildman–Crippen MR) is 157 cm³/mol. The fourth-order valence-electron chi connectivity index (χ4n) is 8.09. The monoisotopic (exact) mass is 564 g/mol. The highest BCUT2D eigenvalue weighted by Crippen LogP contribution is 2.44. The molecule has 2 atom stereocenters. The first-order valence-corrected chi connectivity index (χ1v) is 17.1. The van der Waals surface area contributed by atoms with Crippen LogP contribution in [0.4, 0.5) is 4.39 Å². The third-order valence-corrected chi connectivity index (χ3v) is 11.2. The predicted octanol–water partition coefficient (Wildman–Crippen LogP) is 6.16. The molecule has 1 aliphatic carbocycles. The van der Waals surface area contributed by atoms with Crippen molar-refractivity contribution in [1.82, 2.24) is 19.4 Å². The average Bonchev–Trinajstić information content (AvgIpc) is 3.63. The van der Waals surface area contributed by atoms with Crippen molar-refractivity contribution in [2.75, 3.05) is 19.3 Å². The molecule has 3 aliphatic heterocycles. The summed E-state index contributed by atoms with van der Waals surface area (Å²) in [4.78, 5) is 10.6. The fraction of sp³-hybridized carbons (Fsp3) is 0.594. The van der Waals surface area contributed by atoms with E-state index in [9.17, 15) is 8.42 Å². The number of likely N-dealkylation sites (tertiary alicyclic amines) is 1. The molecule has 40 heavy (non-hydrogen) atoms. The first-order valence-electron chi connectivity index (χ1n) is 15.2. The van der Waals surface area contributed by atoms with Gasteiger partial charge in [-0.15, -0.1) is 0 Å². The maximum Gasteiger partial charge on any atom is 0.175 e. The summed E-state index contributed by atoms with van der Waals surface area (Å²) >= 11 is 0. The Morgan fingerprint density at radius 3 is 2.08 bits per heavy atom. The topological polar surface area (TPSA) is 58.4 Å². The minimum Gasteiger partial charge on any atom is -0.321 e. The first kappa shape index (κ1) is 26.6. The van der Waals surface area contributed by atoms with E-state index in [2.05, 4.69) is 34.3 Å². The number of nitrogens with zero attached hydrogens (tertiary/aromatic N) is 4. The van der Waals surface area contributed by atoms with Crippen molar-refractivity contribution in [2.24, 2.45) is 0 Å². The van der Waals surface area contributed by atoms with Crippen molar-refractivity contribution in [2.45, 2.75) is 106 Å². The molecule has 3 aromatic rings. The summed E-state index contributed by atoms with van der Waals surface area (Å²) in [5.74, 6) is 0.842. The minimum absolute atomic E-state index is 0.249. The number of rotatable bonds is 6. The van der Waals surface area contributed by atoms with Crippen LogP contribution >= 0.6 is 0 Å². The number of aromatic nitrogens is 2. The molecule has 4 heterocycles. The van der Waals surface area contributed by atoms with E-state index >= 15 is 4.39 Å². The Balaban J connectivity index is 1.12. The summed E-state index contributed by atoms with van der Waals surface area (Å²) < 4.78 is 41.7. The van der Waals surface area contributed by atoms with Gasteiger partial charge in [0, 0.05) is 42.0 Å². The fourth-order valence-corrected chi connectivity index (χ4v) is 8.72. The van der Waals surface area contributed by atoms with Crippen LogP contribution in [0.2, 0.25) is 0 Å². The third kappa shape index (κ3) is 4.70. The van der Waals surface area contributed by atoms with Crippen molar-refractivity contribution in [1.29, 1.82) is 0 Å². The normalized spacial score (nSPS) is 26.8. The maximum atomic E-state index is 15.6. The summed E-state index contributed by atoms with van der Waals surface area (Å²) in [7, 11) is -3.28. The molecule has 4 aliphatic rings. The first-order chi connectivity index (χ1) is 19.2. The molecule has 2 bridgehead atoms. The Bertz CT molecular complexity index is 1510. The van der Waals surface area contributed by atoms with E-state index in [4.69, 9.17) is 4.98 Å². The van der Waals surface area contributed by atoms with E-state index < -0.39 is 9.84 Å². The van der Waals surface area contributed by atoms with Crippen LogP contribution in [0.5, 0.6) is 0 Å². The van der Waals surface area contributed by atoms with E-state index in [1.165, 1.54) is 31.9 Å². The molecule has 214 valence electrons. The Morgan fingerprint density at radius 1 is 0.875 bits per heavy atom. The SMILES string of the molecule is CC(C)N1C2CCC1CC(N1CCC(c3cc(F)c4nc(-c5ccc(S(C)(=O)=O)cc5)n(C5CC5)c4c3)CC1)C2. The van der Waals surface area contributed by atoms with E-state index in [1.54, 1.807) is 30.3 Å². The third-order valence-electron chi connectivity index (χ3n) is 10.1. The van der Waals surface area contributed by atoms with Crippen molar-refractivity contribution in [3.8, 4) is 11.4 Å². The van der Waals surface area contributed by atoms with Crippen molar-refractivity contribution >= 4 is 20.9 Å². The Labute approximate surface area is 237 Å². The molecule has 6 nitrogen and oxygen atoms in total. The van der Waals surface area contributed by atoms with Gasteiger partial charge in [0.05, 0.1) is 10.4 Å².